The predicted molar refractivity (Wildman–Crippen MR) is 99.7 cm³/mol. The van der Waals surface area contributed by atoms with E-state index in [9.17, 15) is 14.4 Å². The van der Waals surface area contributed by atoms with Gasteiger partial charge in [0.05, 0.1) is 12.7 Å². The van der Waals surface area contributed by atoms with Crippen LogP contribution in [0.15, 0.2) is 30.5 Å². The lowest BCUT2D eigenvalue weighted by Crippen LogP contribution is -2.69. The molecule has 4 fully saturated rings. The fourth-order valence-corrected chi connectivity index (χ4v) is 5.36. The zero-order valence-corrected chi connectivity index (χ0v) is 15.6. The minimum Gasteiger partial charge on any atom is -0.468 e. The number of carbonyl (C=O) groups is 3. The molecule has 4 unspecified atom stereocenters. The number of fused-ring (bicyclic) bond motifs is 2. The third-order valence-electron chi connectivity index (χ3n) is 6.50. The summed E-state index contributed by atoms with van der Waals surface area (Å²) >= 11 is 0. The molecule has 4 aliphatic heterocycles. The van der Waals surface area contributed by atoms with Crippen molar-refractivity contribution in [2.45, 2.75) is 49.9 Å². The zero-order valence-electron chi connectivity index (χ0n) is 15.6. The maximum absolute atomic E-state index is 12.8. The van der Waals surface area contributed by atoms with Gasteiger partial charge in [-0.2, -0.15) is 0 Å². The van der Waals surface area contributed by atoms with Gasteiger partial charge in [0.1, 0.15) is 6.10 Å². The SMILES string of the molecule is COC(=O)C1C(=O)C2C[C@H]3CC(OC(=O)c4c[nH]c5ccccc45)C[C@@H](C2)N13. The molecule has 2 aromatic rings. The number of methoxy groups -OCH3 is 1. The van der Waals surface area contributed by atoms with Crippen LogP contribution in [0.25, 0.3) is 10.9 Å². The molecule has 1 aromatic heterocycles. The Kier molecular flexibility index (Phi) is 4.01. The molecule has 6 atom stereocenters. The number of aromatic nitrogens is 1. The highest BCUT2D eigenvalue weighted by Crippen LogP contribution is 2.45. The number of para-hydroxylation sites is 1. The normalized spacial score (nSPS) is 33.7. The molecular weight excluding hydrogens is 360 g/mol. The van der Waals surface area contributed by atoms with E-state index in [1.807, 2.05) is 29.2 Å². The summed E-state index contributed by atoms with van der Waals surface area (Å²) in [6.45, 7) is 0. The maximum Gasteiger partial charge on any atom is 0.340 e. The number of rotatable bonds is 3. The summed E-state index contributed by atoms with van der Waals surface area (Å²) in [7, 11) is 1.32. The monoisotopic (exact) mass is 382 g/mol. The maximum atomic E-state index is 12.8. The zero-order chi connectivity index (χ0) is 19.4. The number of ketones is 1. The summed E-state index contributed by atoms with van der Waals surface area (Å²) < 4.78 is 10.7. The molecule has 0 saturated carbocycles. The molecule has 28 heavy (non-hydrogen) atoms. The standard InChI is InChI=1S/C21H22N2O5/c1-27-21(26)18-19(24)11-6-12-8-14(9-13(7-11)23(12)18)28-20(25)16-10-22-17-5-3-2-4-15(16)17/h2-5,10-14,18,22H,6-9H2,1H3/t11?,12-,13+,14?,18?. The second-order valence-electron chi connectivity index (χ2n) is 8.00. The van der Waals surface area contributed by atoms with Crippen molar-refractivity contribution in [3.8, 4) is 0 Å². The molecule has 0 amide bonds. The Bertz CT molecular complexity index is 951. The van der Waals surface area contributed by atoms with Crippen LogP contribution in [-0.2, 0) is 19.1 Å². The minimum absolute atomic E-state index is 0.0198. The van der Waals surface area contributed by atoms with E-state index in [1.54, 1.807) is 6.20 Å². The summed E-state index contributed by atoms with van der Waals surface area (Å²) in [4.78, 5) is 42.6. The molecule has 7 nitrogen and oxygen atoms in total. The minimum atomic E-state index is -0.794. The van der Waals surface area contributed by atoms with Crippen LogP contribution in [-0.4, -0.2) is 58.9 Å². The second kappa shape index (κ2) is 6.44. The summed E-state index contributed by atoms with van der Waals surface area (Å²) in [5.41, 5.74) is 1.44. The van der Waals surface area contributed by atoms with Crippen LogP contribution in [0.3, 0.4) is 0 Å². The lowest BCUT2D eigenvalue weighted by Gasteiger charge is -2.56. The average Bonchev–Trinajstić information content (AvgIpc) is 3.12. The number of aromatic amines is 1. The first-order chi connectivity index (χ1) is 13.6. The van der Waals surface area contributed by atoms with E-state index < -0.39 is 12.0 Å². The summed E-state index contributed by atoms with van der Waals surface area (Å²) in [5.74, 6) is -0.912. The number of piperidine rings is 4. The molecule has 1 aromatic carbocycles. The van der Waals surface area contributed by atoms with Gasteiger partial charge in [0.15, 0.2) is 11.8 Å². The molecule has 4 aliphatic rings. The van der Waals surface area contributed by atoms with Gasteiger partial charge in [-0.05, 0) is 18.9 Å². The Balaban J connectivity index is 1.33. The number of hydrogen-bond donors (Lipinski definition) is 1. The van der Waals surface area contributed by atoms with Crippen molar-refractivity contribution in [3.05, 3.63) is 36.0 Å². The average molecular weight is 382 g/mol. The van der Waals surface area contributed by atoms with Gasteiger partial charge in [-0.15, -0.1) is 0 Å². The van der Waals surface area contributed by atoms with Crippen LogP contribution in [0.4, 0.5) is 0 Å². The van der Waals surface area contributed by atoms with Gasteiger partial charge in [0.25, 0.3) is 0 Å². The molecule has 5 heterocycles. The van der Waals surface area contributed by atoms with Crippen molar-refractivity contribution in [2.24, 2.45) is 5.92 Å². The number of ether oxygens (including phenoxy) is 2. The van der Waals surface area contributed by atoms with E-state index in [4.69, 9.17) is 9.47 Å². The van der Waals surface area contributed by atoms with Gasteiger partial charge in [-0.1, -0.05) is 18.2 Å². The largest absolute Gasteiger partial charge is 0.468 e. The summed E-state index contributed by atoms with van der Waals surface area (Å²) in [6.07, 6.45) is 4.21. The number of benzene rings is 1. The van der Waals surface area contributed by atoms with E-state index in [0.717, 1.165) is 23.7 Å². The first-order valence-electron chi connectivity index (χ1n) is 9.73. The first kappa shape index (κ1) is 17.4. The Labute approximate surface area is 162 Å². The second-order valence-corrected chi connectivity index (χ2v) is 8.00. The third kappa shape index (κ3) is 2.57. The van der Waals surface area contributed by atoms with Crippen molar-refractivity contribution < 1.29 is 23.9 Å². The van der Waals surface area contributed by atoms with Crippen molar-refractivity contribution >= 4 is 28.6 Å². The van der Waals surface area contributed by atoms with Crippen LogP contribution in [0.1, 0.15) is 36.0 Å². The highest BCUT2D eigenvalue weighted by atomic mass is 16.5. The van der Waals surface area contributed by atoms with E-state index in [0.29, 0.717) is 18.4 Å². The van der Waals surface area contributed by atoms with Gasteiger partial charge in [-0.3, -0.25) is 9.69 Å². The van der Waals surface area contributed by atoms with Gasteiger partial charge >= 0.3 is 11.9 Å². The fraction of sp³-hybridized carbons (Fsp3) is 0.476. The molecule has 4 bridgehead atoms. The van der Waals surface area contributed by atoms with Crippen LogP contribution in [0.5, 0.6) is 0 Å². The first-order valence-corrected chi connectivity index (χ1v) is 9.73. The molecule has 0 spiro atoms. The molecule has 0 radical (unpaired) electrons. The smallest absolute Gasteiger partial charge is 0.340 e. The highest BCUT2D eigenvalue weighted by molar-refractivity contribution is 6.05. The molecule has 0 aliphatic carbocycles. The van der Waals surface area contributed by atoms with E-state index in [-0.39, 0.29) is 35.9 Å². The quantitative estimate of drug-likeness (QED) is 0.646. The van der Waals surface area contributed by atoms with E-state index in [1.165, 1.54) is 7.11 Å². The summed E-state index contributed by atoms with van der Waals surface area (Å²) in [5, 5.41) is 0.850. The number of nitrogens with zero attached hydrogens (tertiary/aromatic N) is 1. The van der Waals surface area contributed by atoms with Gasteiger partial charge in [0, 0.05) is 47.9 Å². The molecule has 7 heteroatoms. The topological polar surface area (TPSA) is 88.7 Å². The van der Waals surface area contributed by atoms with Crippen molar-refractivity contribution in [3.63, 3.8) is 0 Å². The lowest BCUT2D eigenvalue weighted by molar-refractivity contribution is -0.173. The van der Waals surface area contributed by atoms with Crippen LogP contribution in [0.2, 0.25) is 0 Å². The van der Waals surface area contributed by atoms with Crippen LogP contribution < -0.4 is 0 Å². The number of H-pyrrole nitrogens is 1. The fourth-order valence-electron chi connectivity index (χ4n) is 5.36. The molecule has 6 rings (SSSR count). The van der Waals surface area contributed by atoms with E-state index in [2.05, 4.69) is 4.98 Å². The number of carbonyl (C=O) groups excluding carboxylic acids is 3. The third-order valence-corrected chi connectivity index (χ3v) is 6.50. The number of nitrogens with one attached hydrogen (secondary N) is 1. The van der Waals surface area contributed by atoms with Crippen LogP contribution >= 0.6 is 0 Å². The Morgan fingerprint density at radius 1 is 1.11 bits per heavy atom. The number of hydrogen-bond acceptors (Lipinski definition) is 6. The van der Waals surface area contributed by atoms with Crippen LogP contribution in [0, 0.1) is 5.92 Å². The number of esters is 2. The van der Waals surface area contributed by atoms with Gasteiger partial charge in [-0.25, -0.2) is 9.59 Å². The molecule has 1 N–H and O–H groups in total. The van der Waals surface area contributed by atoms with Crippen molar-refractivity contribution in [2.75, 3.05) is 7.11 Å². The van der Waals surface area contributed by atoms with Crippen molar-refractivity contribution in [1.29, 1.82) is 0 Å². The number of Topliss-reactive ketones (excluding diaryl/α,β-unsaturated/α-hetero) is 1. The van der Waals surface area contributed by atoms with E-state index >= 15 is 0 Å². The Hall–Kier alpha value is -2.67. The summed E-state index contributed by atoms with van der Waals surface area (Å²) in [6, 6.07) is 6.98. The molecule has 4 saturated heterocycles. The Morgan fingerprint density at radius 2 is 1.82 bits per heavy atom. The van der Waals surface area contributed by atoms with Gasteiger partial charge in [0.2, 0.25) is 0 Å². The van der Waals surface area contributed by atoms with Gasteiger partial charge < -0.3 is 14.5 Å². The molecular formula is C21H22N2O5. The predicted octanol–water partition coefficient (Wildman–Crippen LogP) is 2.06. The highest BCUT2D eigenvalue weighted by Gasteiger charge is 2.57. The lowest BCUT2D eigenvalue weighted by atomic mass is 9.69. The molecule has 146 valence electrons. The van der Waals surface area contributed by atoms with Crippen molar-refractivity contribution in [1.82, 2.24) is 9.88 Å². The Morgan fingerprint density at radius 3 is 2.54 bits per heavy atom.